The average Bonchev–Trinajstić information content (AvgIpc) is 2.98. The Bertz CT molecular complexity index is 618. The van der Waals surface area contributed by atoms with E-state index in [1.165, 1.54) is 24.2 Å². The lowest BCUT2D eigenvalue weighted by molar-refractivity contribution is -0.145. The Morgan fingerprint density at radius 2 is 2.25 bits per heavy atom. The van der Waals surface area contributed by atoms with Crippen LogP contribution in [0.25, 0.3) is 0 Å². The van der Waals surface area contributed by atoms with Crippen LogP contribution in [0.15, 0.2) is 6.07 Å². The van der Waals surface area contributed by atoms with Gasteiger partial charge in [0.15, 0.2) is 0 Å². The molecule has 3 atom stereocenters. The number of carbonyl (C=O) groups is 1. The number of rotatable bonds is 2. The standard InChI is InChI=1S/C18H27N5O/c24-18-3-1-2-17-14-6-13(10-22(17)18)9-21(11-14)12-15-7-16-8-19-4-5-23(16)20-15/h7,13-14,17,19H,1-6,8-12H2/t13-,14+,17+/m1/s1. The number of hydrogen-bond acceptors (Lipinski definition) is 4. The molecule has 3 saturated heterocycles. The second kappa shape index (κ2) is 5.85. The number of carbonyl (C=O) groups excluding carboxylic acids is 1. The molecule has 1 N–H and O–H groups in total. The van der Waals surface area contributed by atoms with Crippen molar-refractivity contribution in [3.8, 4) is 0 Å². The Balaban J connectivity index is 1.29. The maximum absolute atomic E-state index is 12.2. The van der Waals surface area contributed by atoms with Crippen LogP contribution in [0.2, 0.25) is 0 Å². The molecule has 130 valence electrons. The largest absolute Gasteiger partial charge is 0.339 e. The van der Waals surface area contributed by atoms with Crippen molar-refractivity contribution in [3.63, 3.8) is 0 Å². The smallest absolute Gasteiger partial charge is 0.222 e. The van der Waals surface area contributed by atoms with Crippen LogP contribution in [0.3, 0.4) is 0 Å². The van der Waals surface area contributed by atoms with Gasteiger partial charge >= 0.3 is 0 Å². The summed E-state index contributed by atoms with van der Waals surface area (Å²) in [6, 6.07) is 2.78. The fourth-order valence-electron chi connectivity index (χ4n) is 5.40. The molecule has 2 bridgehead atoms. The monoisotopic (exact) mass is 329 g/mol. The number of aromatic nitrogens is 2. The minimum Gasteiger partial charge on any atom is -0.339 e. The van der Waals surface area contributed by atoms with Gasteiger partial charge in [0.2, 0.25) is 5.91 Å². The predicted octanol–water partition coefficient (Wildman–Crippen LogP) is 0.819. The fraction of sp³-hybridized carbons (Fsp3) is 0.778. The van der Waals surface area contributed by atoms with Gasteiger partial charge in [-0.15, -0.1) is 0 Å². The second-order valence-electron chi connectivity index (χ2n) is 8.09. The predicted molar refractivity (Wildman–Crippen MR) is 90.2 cm³/mol. The summed E-state index contributed by atoms with van der Waals surface area (Å²) in [4.78, 5) is 17.1. The highest BCUT2D eigenvalue weighted by molar-refractivity contribution is 5.77. The van der Waals surface area contributed by atoms with Crippen molar-refractivity contribution in [2.24, 2.45) is 11.8 Å². The van der Waals surface area contributed by atoms with Gasteiger partial charge in [0.1, 0.15) is 0 Å². The number of amides is 1. The van der Waals surface area contributed by atoms with Gasteiger partial charge in [-0.3, -0.25) is 14.4 Å². The van der Waals surface area contributed by atoms with Gasteiger partial charge in [-0.25, -0.2) is 0 Å². The molecule has 5 rings (SSSR count). The molecule has 1 aromatic rings. The van der Waals surface area contributed by atoms with Crippen molar-refractivity contribution in [1.29, 1.82) is 0 Å². The lowest BCUT2D eigenvalue weighted by atomic mass is 9.76. The summed E-state index contributed by atoms with van der Waals surface area (Å²) in [7, 11) is 0. The topological polar surface area (TPSA) is 53.4 Å². The average molecular weight is 329 g/mol. The number of likely N-dealkylation sites (tertiary alicyclic amines) is 1. The highest BCUT2D eigenvalue weighted by atomic mass is 16.2. The van der Waals surface area contributed by atoms with Gasteiger partial charge in [0.05, 0.1) is 17.9 Å². The minimum atomic E-state index is 0.406. The van der Waals surface area contributed by atoms with E-state index in [2.05, 4.69) is 25.9 Å². The lowest BCUT2D eigenvalue weighted by Crippen LogP contribution is -2.60. The van der Waals surface area contributed by atoms with Crippen molar-refractivity contribution in [2.45, 2.75) is 51.4 Å². The van der Waals surface area contributed by atoms with Gasteiger partial charge in [0.25, 0.3) is 0 Å². The summed E-state index contributed by atoms with van der Waals surface area (Å²) in [5.74, 6) is 1.73. The Hall–Kier alpha value is -1.40. The maximum atomic E-state index is 12.2. The van der Waals surface area contributed by atoms with Crippen molar-refractivity contribution in [3.05, 3.63) is 17.5 Å². The van der Waals surface area contributed by atoms with Crippen molar-refractivity contribution in [1.82, 2.24) is 24.9 Å². The highest BCUT2D eigenvalue weighted by Gasteiger charge is 2.43. The first-order valence-corrected chi connectivity index (χ1v) is 9.54. The molecule has 6 heteroatoms. The second-order valence-corrected chi connectivity index (χ2v) is 8.09. The molecule has 3 fully saturated rings. The Morgan fingerprint density at radius 3 is 3.17 bits per heavy atom. The quantitative estimate of drug-likeness (QED) is 0.873. The third kappa shape index (κ3) is 2.56. The van der Waals surface area contributed by atoms with E-state index in [1.54, 1.807) is 0 Å². The van der Waals surface area contributed by atoms with Crippen molar-refractivity contribution >= 4 is 5.91 Å². The third-order valence-electron chi connectivity index (χ3n) is 6.36. The number of piperidine rings is 3. The molecule has 6 nitrogen and oxygen atoms in total. The molecule has 1 amide bonds. The summed E-state index contributed by atoms with van der Waals surface area (Å²) in [6.45, 7) is 7.15. The molecule has 0 unspecified atom stereocenters. The number of fused-ring (bicyclic) bond motifs is 5. The summed E-state index contributed by atoms with van der Waals surface area (Å²) < 4.78 is 2.16. The Morgan fingerprint density at radius 1 is 1.29 bits per heavy atom. The van der Waals surface area contributed by atoms with E-state index < -0.39 is 0 Å². The molecule has 1 aromatic heterocycles. The van der Waals surface area contributed by atoms with Gasteiger partial charge in [-0.1, -0.05) is 0 Å². The summed E-state index contributed by atoms with van der Waals surface area (Å²) in [5, 5.41) is 8.22. The van der Waals surface area contributed by atoms with E-state index in [-0.39, 0.29) is 0 Å². The molecular formula is C18H27N5O. The van der Waals surface area contributed by atoms with Gasteiger partial charge < -0.3 is 10.2 Å². The number of nitrogens with zero attached hydrogens (tertiary/aromatic N) is 4. The summed E-state index contributed by atoms with van der Waals surface area (Å²) >= 11 is 0. The van der Waals surface area contributed by atoms with Crippen molar-refractivity contribution in [2.75, 3.05) is 26.2 Å². The van der Waals surface area contributed by atoms with E-state index in [1.807, 2.05) is 0 Å². The van der Waals surface area contributed by atoms with Gasteiger partial charge in [-0.05, 0) is 37.2 Å². The molecule has 0 radical (unpaired) electrons. The van der Waals surface area contributed by atoms with Crippen LogP contribution in [-0.2, 0) is 24.4 Å². The van der Waals surface area contributed by atoms with Crippen LogP contribution in [0, 0.1) is 11.8 Å². The zero-order valence-corrected chi connectivity index (χ0v) is 14.3. The molecule has 0 aromatic carbocycles. The zero-order chi connectivity index (χ0) is 16.1. The zero-order valence-electron chi connectivity index (χ0n) is 14.3. The lowest BCUT2D eigenvalue weighted by Gasteiger charge is -2.52. The fourth-order valence-corrected chi connectivity index (χ4v) is 5.40. The molecular weight excluding hydrogens is 302 g/mol. The van der Waals surface area contributed by atoms with Crippen LogP contribution in [-0.4, -0.2) is 57.7 Å². The summed E-state index contributed by atoms with van der Waals surface area (Å²) in [6.07, 6.45) is 4.38. The Labute approximate surface area is 143 Å². The van der Waals surface area contributed by atoms with Crippen molar-refractivity contribution < 1.29 is 4.79 Å². The number of nitrogens with one attached hydrogen (secondary N) is 1. The number of hydrogen-bond donors (Lipinski definition) is 1. The molecule has 5 heterocycles. The molecule has 0 spiro atoms. The van der Waals surface area contributed by atoms with Crippen LogP contribution in [0.1, 0.15) is 37.1 Å². The Kier molecular flexibility index (Phi) is 3.63. The molecule has 0 saturated carbocycles. The van der Waals surface area contributed by atoms with Gasteiger partial charge in [0, 0.05) is 51.7 Å². The highest BCUT2D eigenvalue weighted by Crippen LogP contribution is 2.38. The van der Waals surface area contributed by atoms with E-state index in [4.69, 9.17) is 5.10 Å². The normalized spacial score (nSPS) is 33.2. The van der Waals surface area contributed by atoms with Crippen LogP contribution in [0.4, 0.5) is 0 Å². The summed E-state index contributed by atoms with van der Waals surface area (Å²) in [5.41, 5.74) is 2.53. The first-order chi connectivity index (χ1) is 11.8. The van der Waals surface area contributed by atoms with E-state index >= 15 is 0 Å². The maximum Gasteiger partial charge on any atom is 0.222 e. The van der Waals surface area contributed by atoms with Crippen LogP contribution >= 0.6 is 0 Å². The minimum absolute atomic E-state index is 0.406. The first-order valence-electron chi connectivity index (χ1n) is 9.54. The first kappa shape index (κ1) is 14.9. The molecule has 4 aliphatic rings. The van der Waals surface area contributed by atoms with Gasteiger partial charge in [-0.2, -0.15) is 5.10 Å². The van der Waals surface area contributed by atoms with Crippen LogP contribution in [0.5, 0.6) is 0 Å². The van der Waals surface area contributed by atoms with E-state index in [0.717, 1.165) is 58.7 Å². The molecule has 0 aliphatic carbocycles. The van der Waals surface area contributed by atoms with E-state index in [0.29, 0.717) is 23.8 Å². The molecule has 24 heavy (non-hydrogen) atoms. The molecule has 4 aliphatic heterocycles. The van der Waals surface area contributed by atoms with Crippen LogP contribution < -0.4 is 5.32 Å². The van der Waals surface area contributed by atoms with E-state index in [9.17, 15) is 4.79 Å². The third-order valence-corrected chi connectivity index (χ3v) is 6.36. The SMILES string of the molecule is O=C1CCC[C@H]2[C@H]3C[C@H](CN(Cc4cc5n(n4)CCNC5)C3)CN12.